The zero-order valence-corrected chi connectivity index (χ0v) is 16.5. The number of imide groups is 1. The number of nitrogens with zero attached hydrogens (tertiary/aromatic N) is 2. The van der Waals surface area contributed by atoms with Crippen LogP contribution in [0.25, 0.3) is 6.08 Å². The van der Waals surface area contributed by atoms with E-state index in [0.29, 0.717) is 16.8 Å². The van der Waals surface area contributed by atoms with E-state index in [-0.39, 0.29) is 12.6 Å². The van der Waals surface area contributed by atoms with Crippen LogP contribution in [-0.2, 0) is 4.79 Å². The molecule has 3 amide bonds. The van der Waals surface area contributed by atoms with Gasteiger partial charge in [0.05, 0.1) is 11.1 Å². The highest BCUT2D eigenvalue weighted by Crippen LogP contribution is 2.26. The zero-order chi connectivity index (χ0) is 21.1. The maximum Gasteiger partial charge on any atom is 0.263 e. The van der Waals surface area contributed by atoms with Crippen molar-refractivity contribution in [3.63, 3.8) is 0 Å². The van der Waals surface area contributed by atoms with Crippen LogP contribution in [0.2, 0.25) is 0 Å². The van der Waals surface area contributed by atoms with Crippen LogP contribution in [0, 0.1) is 6.92 Å². The molecule has 0 fully saturated rings. The first-order valence-electron chi connectivity index (χ1n) is 9.62. The van der Waals surface area contributed by atoms with Crippen LogP contribution in [-0.4, -0.2) is 29.3 Å². The molecule has 0 radical (unpaired) electrons. The van der Waals surface area contributed by atoms with E-state index in [1.165, 1.54) is 11.0 Å². The molecule has 0 spiro atoms. The normalized spacial score (nSPS) is 13.0. The van der Waals surface area contributed by atoms with Gasteiger partial charge in [-0.25, -0.2) is 0 Å². The van der Waals surface area contributed by atoms with E-state index in [9.17, 15) is 14.4 Å². The molecule has 3 aromatic rings. The van der Waals surface area contributed by atoms with Crippen LogP contribution in [0.3, 0.4) is 0 Å². The second-order valence-electron chi connectivity index (χ2n) is 7.02. The van der Waals surface area contributed by atoms with Gasteiger partial charge in [-0.2, -0.15) is 0 Å². The van der Waals surface area contributed by atoms with E-state index in [1.54, 1.807) is 30.3 Å². The Morgan fingerprint density at radius 1 is 0.833 bits per heavy atom. The van der Waals surface area contributed by atoms with E-state index >= 15 is 0 Å². The largest absolute Gasteiger partial charge is 0.290 e. The van der Waals surface area contributed by atoms with E-state index in [0.717, 1.165) is 16.0 Å². The molecule has 148 valence electrons. The third kappa shape index (κ3) is 3.65. The average Bonchev–Trinajstić information content (AvgIpc) is 3.02. The minimum atomic E-state index is -0.394. The molecule has 5 nitrogen and oxygen atoms in total. The van der Waals surface area contributed by atoms with E-state index in [2.05, 4.69) is 0 Å². The summed E-state index contributed by atoms with van der Waals surface area (Å²) < 4.78 is 0. The van der Waals surface area contributed by atoms with Gasteiger partial charge in [-0.15, -0.1) is 0 Å². The second-order valence-corrected chi connectivity index (χ2v) is 7.02. The van der Waals surface area contributed by atoms with Gasteiger partial charge in [0.2, 0.25) is 0 Å². The van der Waals surface area contributed by atoms with Crippen molar-refractivity contribution in [3.05, 3.63) is 107 Å². The SMILES string of the molecule is Cc1ccccc1N(CN1C(=O)c2ccccc2C1=O)C(=O)/C=C/c1ccccc1. The first-order valence-corrected chi connectivity index (χ1v) is 9.62. The lowest BCUT2D eigenvalue weighted by molar-refractivity contribution is -0.114. The number of benzene rings is 3. The Morgan fingerprint density at radius 3 is 2.03 bits per heavy atom. The summed E-state index contributed by atoms with van der Waals surface area (Å²) in [6, 6.07) is 23.6. The van der Waals surface area contributed by atoms with Crippen molar-refractivity contribution in [3.8, 4) is 0 Å². The fraction of sp³-hybridized carbons (Fsp3) is 0.0800. The lowest BCUT2D eigenvalue weighted by atomic mass is 10.1. The Morgan fingerprint density at radius 2 is 1.40 bits per heavy atom. The Bertz CT molecular complexity index is 1120. The highest BCUT2D eigenvalue weighted by molar-refractivity contribution is 6.21. The molecule has 0 unspecified atom stereocenters. The number of hydrogen-bond donors (Lipinski definition) is 0. The van der Waals surface area contributed by atoms with Gasteiger partial charge >= 0.3 is 0 Å². The molecule has 30 heavy (non-hydrogen) atoms. The summed E-state index contributed by atoms with van der Waals surface area (Å²) in [7, 11) is 0. The molecule has 0 saturated heterocycles. The molecule has 0 bridgehead atoms. The van der Waals surface area contributed by atoms with Gasteiger partial charge < -0.3 is 0 Å². The van der Waals surface area contributed by atoms with Crippen LogP contribution in [0.1, 0.15) is 31.8 Å². The fourth-order valence-electron chi connectivity index (χ4n) is 3.46. The minimum Gasteiger partial charge on any atom is -0.290 e. The molecular weight excluding hydrogens is 376 g/mol. The second kappa shape index (κ2) is 8.17. The molecule has 1 aliphatic heterocycles. The Balaban J connectivity index is 1.66. The predicted molar refractivity (Wildman–Crippen MR) is 116 cm³/mol. The lowest BCUT2D eigenvalue weighted by Gasteiger charge is -2.27. The molecule has 4 rings (SSSR count). The van der Waals surface area contributed by atoms with Crippen LogP contribution >= 0.6 is 0 Å². The topological polar surface area (TPSA) is 57.7 Å². The molecule has 0 atom stereocenters. The summed E-state index contributed by atoms with van der Waals surface area (Å²) >= 11 is 0. The summed E-state index contributed by atoms with van der Waals surface area (Å²) in [6.07, 6.45) is 3.18. The Hall–Kier alpha value is -3.99. The highest BCUT2D eigenvalue weighted by atomic mass is 16.2. The van der Waals surface area contributed by atoms with Crippen molar-refractivity contribution in [1.82, 2.24) is 4.90 Å². The molecule has 0 saturated carbocycles. The summed E-state index contributed by atoms with van der Waals surface area (Å²) in [6.45, 7) is 1.73. The van der Waals surface area contributed by atoms with E-state index in [4.69, 9.17) is 0 Å². The molecule has 0 aliphatic carbocycles. The van der Waals surface area contributed by atoms with Crippen LogP contribution in [0.15, 0.2) is 84.9 Å². The summed E-state index contributed by atoms with van der Waals surface area (Å²) in [5.41, 5.74) is 3.13. The maximum atomic E-state index is 13.1. The quantitative estimate of drug-likeness (QED) is 0.477. The Kier molecular flexibility index (Phi) is 5.26. The van der Waals surface area contributed by atoms with Crippen LogP contribution < -0.4 is 4.90 Å². The van der Waals surface area contributed by atoms with Gasteiger partial charge in [0.1, 0.15) is 6.67 Å². The predicted octanol–water partition coefficient (Wildman–Crippen LogP) is 4.30. The van der Waals surface area contributed by atoms with Crippen molar-refractivity contribution in [2.45, 2.75) is 6.92 Å². The number of anilines is 1. The molecule has 5 heteroatoms. The number of carbonyl (C=O) groups is 3. The molecule has 3 aromatic carbocycles. The van der Waals surface area contributed by atoms with Crippen LogP contribution in [0.4, 0.5) is 5.69 Å². The van der Waals surface area contributed by atoms with Gasteiger partial charge in [0.25, 0.3) is 17.7 Å². The van der Waals surface area contributed by atoms with E-state index in [1.807, 2.05) is 61.5 Å². The molecule has 1 aliphatic rings. The third-order valence-corrected chi connectivity index (χ3v) is 5.05. The fourth-order valence-corrected chi connectivity index (χ4v) is 3.46. The van der Waals surface area contributed by atoms with E-state index < -0.39 is 11.8 Å². The van der Waals surface area contributed by atoms with Crippen molar-refractivity contribution in [2.75, 3.05) is 11.6 Å². The summed E-state index contributed by atoms with van der Waals surface area (Å²) in [5.74, 6) is -1.10. The highest BCUT2D eigenvalue weighted by Gasteiger charge is 2.37. The lowest BCUT2D eigenvalue weighted by Crippen LogP contribution is -2.44. The maximum absolute atomic E-state index is 13.1. The van der Waals surface area contributed by atoms with Gasteiger partial charge in [0, 0.05) is 11.8 Å². The first-order chi connectivity index (χ1) is 14.6. The number of amides is 3. The molecule has 0 N–H and O–H groups in total. The average molecular weight is 396 g/mol. The molecular formula is C25H20N2O3. The summed E-state index contributed by atoms with van der Waals surface area (Å²) in [5, 5.41) is 0. The zero-order valence-electron chi connectivity index (χ0n) is 16.5. The Labute approximate surface area is 174 Å². The monoisotopic (exact) mass is 396 g/mol. The van der Waals surface area contributed by atoms with Gasteiger partial charge in [0.15, 0.2) is 0 Å². The molecule has 0 aromatic heterocycles. The van der Waals surface area contributed by atoms with Crippen molar-refractivity contribution >= 4 is 29.5 Å². The van der Waals surface area contributed by atoms with Crippen LogP contribution in [0.5, 0.6) is 0 Å². The number of carbonyl (C=O) groups excluding carboxylic acids is 3. The standard InChI is InChI=1S/C25H20N2O3/c1-18-9-5-8-14-22(18)26(23(28)16-15-19-10-3-2-4-11-19)17-27-24(29)20-12-6-7-13-21(20)25(27)30/h2-16H,17H2,1H3/b16-15+. The number of hydrogen-bond acceptors (Lipinski definition) is 3. The number of rotatable bonds is 5. The number of aryl methyl sites for hydroxylation is 1. The van der Waals surface area contributed by atoms with Crippen molar-refractivity contribution in [1.29, 1.82) is 0 Å². The number of fused-ring (bicyclic) bond motifs is 1. The third-order valence-electron chi connectivity index (χ3n) is 5.05. The summed E-state index contributed by atoms with van der Waals surface area (Å²) in [4.78, 5) is 41.3. The van der Waals surface area contributed by atoms with Gasteiger partial charge in [-0.3, -0.25) is 24.2 Å². The van der Waals surface area contributed by atoms with Gasteiger partial charge in [-0.1, -0.05) is 60.7 Å². The smallest absolute Gasteiger partial charge is 0.263 e. The molecule has 1 heterocycles. The van der Waals surface area contributed by atoms with Gasteiger partial charge in [-0.05, 0) is 42.3 Å². The first kappa shape index (κ1) is 19.3. The minimum absolute atomic E-state index is 0.158. The number of para-hydroxylation sites is 1. The van der Waals surface area contributed by atoms with Crippen molar-refractivity contribution < 1.29 is 14.4 Å². The van der Waals surface area contributed by atoms with Crippen molar-refractivity contribution in [2.24, 2.45) is 0 Å².